The van der Waals surface area contributed by atoms with Crippen molar-refractivity contribution >= 4 is 22.4 Å². The van der Waals surface area contributed by atoms with Crippen LogP contribution in [-0.4, -0.2) is 26.8 Å². The molecule has 0 radical (unpaired) electrons. The molecule has 1 aliphatic heterocycles. The number of anilines is 1. The number of thiophene rings is 1. The van der Waals surface area contributed by atoms with E-state index in [9.17, 15) is 4.79 Å². The standard InChI is InChI=1S/C12H12N6OS/c13-5-8-3-4-20-11(8)17-12(19)16-9-1-2-10-14-7-15-18(10)6-9/h3-4,7,9H,1-2,6H2,(H2,16,17,19). The van der Waals surface area contributed by atoms with E-state index >= 15 is 0 Å². The number of nitriles is 1. The van der Waals surface area contributed by atoms with Crippen LogP contribution in [0.4, 0.5) is 9.80 Å². The molecule has 2 amide bonds. The molecule has 1 aliphatic rings. The van der Waals surface area contributed by atoms with Gasteiger partial charge in [-0.15, -0.1) is 11.3 Å². The number of rotatable bonds is 2. The second-order valence-electron chi connectivity index (χ2n) is 4.47. The normalized spacial score (nSPS) is 17.1. The lowest BCUT2D eigenvalue weighted by Crippen LogP contribution is -2.43. The number of hydrogen-bond acceptors (Lipinski definition) is 5. The minimum absolute atomic E-state index is 0.0229. The van der Waals surface area contributed by atoms with E-state index in [-0.39, 0.29) is 12.1 Å². The van der Waals surface area contributed by atoms with Gasteiger partial charge < -0.3 is 5.32 Å². The molecular weight excluding hydrogens is 276 g/mol. The minimum atomic E-state index is -0.294. The summed E-state index contributed by atoms with van der Waals surface area (Å²) in [5.41, 5.74) is 0.479. The van der Waals surface area contributed by atoms with Crippen LogP contribution in [0.25, 0.3) is 0 Å². The van der Waals surface area contributed by atoms with Crippen molar-refractivity contribution in [1.29, 1.82) is 5.26 Å². The second kappa shape index (κ2) is 5.30. The maximum atomic E-state index is 11.9. The first-order chi connectivity index (χ1) is 9.76. The summed E-state index contributed by atoms with van der Waals surface area (Å²) in [6.07, 6.45) is 3.16. The molecule has 2 aromatic rings. The summed E-state index contributed by atoms with van der Waals surface area (Å²) in [6.45, 7) is 0.623. The largest absolute Gasteiger partial charge is 0.333 e. The first-order valence-electron chi connectivity index (χ1n) is 6.18. The SMILES string of the molecule is N#Cc1ccsc1NC(=O)NC1CCc2ncnn2C1. The lowest BCUT2D eigenvalue weighted by atomic mass is 10.1. The number of carbonyl (C=O) groups excluding carboxylic acids is 1. The molecule has 0 aliphatic carbocycles. The number of aryl methyl sites for hydroxylation is 1. The van der Waals surface area contributed by atoms with Crippen LogP contribution in [0.2, 0.25) is 0 Å². The third kappa shape index (κ3) is 2.48. The molecule has 8 heteroatoms. The van der Waals surface area contributed by atoms with Crippen molar-refractivity contribution in [3.63, 3.8) is 0 Å². The Bertz CT molecular complexity index is 670. The van der Waals surface area contributed by atoms with E-state index in [0.717, 1.165) is 18.7 Å². The Balaban J connectivity index is 1.59. The van der Waals surface area contributed by atoms with Gasteiger partial charge in [0.05, 0.1) is 18.2 Å². The number of carbonyl (C=O) groups is 1. The van der Waals surface area contributed by atoms with Crippen LogP contribution in [0.5, 0.6) is 0 Å². The number of fused-ring (bicyclic) bond motifs is 1. The van der Waals surface area contributed by atoms with Crippen LogP contribution < -0.4 is 10.6 Å². The number of hydrogen-bond donors (Lipinski definition) is 2. The summed E-state index contributed by atoms with van der Waals surface area (Å²) in [4.78, 5) is 16.1. The van der Waals surface area contributed by atoms with Gasteiger partial charge in [0.25, 0.3) is 0 Å². The maximum absolute atomic E-state index is 11.9. The predicted octanol–water partition coefficient (Wildman–Crippen LogP) is 1.35. The molecule has 102 valence electrons. The molecule has 1 atom stereocenters. The van der Waals surface area contributed by atoms with Crippen molar-refractivity contribution in [1.82, 2.24) is 20.1 Å². The molecule has 0 aromatic carbocycles. The van der Waals surface area contributed by atoms with Crippen LogP contribution in [0.1, 0.15) is 17.8 Å². The zero-order valence-electron chi connectivity index (χ0n) is 10.5. The van der Waals surface area contributed by atoms with Crippen molar-refractivity contribution in [2.45, 2.75) is 25.4 Å². The quantitative estimate of drug-likeness (QED) is 0.871. The van der Waals surface area contributed by atoms with Gasteiger partial charge in [-0.2, -0.15) is 10.4 Å². The molecule has 20 heavy (non-hydrogen) atoms. The highest BCUT2D eigenvalue weighted by molar-refractivity contribution is 7.14. The van der Waals surface area contributed by atoms with Gasteiger partial charge in [0.15, 0.2) is 0 Å². The molecule has 2 N–H and O–H groups in total. The first kappa shape index (κ1) is 12.6. The number of amides is 2. The summed E-state index contributed by atoms with van der Waals surface area (Å²) in [7, 11) is 0. The minimum Gasteiger partial charge on any atom is -0.333 e. The smallest absolute Gasteiger partial charge is 0.320 e. The molecule has 3 rings (SSSR count). The van der Waals surface area contributed by atoms with Crippen molar-refractivity contribution in [3.05, 3.63) is 29.2 Å². The fraction of sp³-hybridized carbons (Fsp3) is 0.333. The van der Waals surface area contributed by atoms with Crippen molar-refractivity contribution in [2.75, 3.05) is 5.32 Å². The van der Waals surface area contributed by atoms with Gasteiger partial charge in [0.1, 0.15) is 23.2 Å². The van der Waals surface area contributed by atoms with Gasteiger partial charge in [-0.25, -0.2) is 14.5 Å². The highest BCUT2D eigenvalue weighted by atomic mass is 32.1. The molecule has 0 bridgehead atoms. The van der Waals surface area contributed by atoms with E-state index in [1.165, 1.54) is 17.7 Å². The lowest BCUT2D eigenvalue weighted by Gasteiger charge is -2.23. The molecule has 1 unspecified atom stereocenters. The lowest BCUT2D eigenvalue weighted by molar-refractivity contribution is 0.243. The molecule has 3 heterocycles. The average molecular weight is 288 g/mol. The maximum Gasteiger partial charge on any atom is 0.320 e. The molecular formula is C12H12N6OS. The molecule has 0 saturated heterocycles. The van der Waals surface area contributed by atoms with Crippen LogP contribution in [0, 0.1) is 11.3 Å². The third-order valence-corrected chi connectivity index (χ3v) is 3.98. The van der Waals surface area contributed by atoms with Gasteiger partial charge >= 0.3 is 6.03 Å². The predicted molar refractivity (Wildman–Crippen MR) is 73.3 cm³/mol. The monoisotopic (exact) mass is 288 g/mol. The van der Waals surface area contributed by atoms with Gasteiger partial charge in [-0.1, -0.05) is 0 Å². The van der Waals surface area contributed by atoms with E-state index < -0.39 is 0 Å². The first-order valence-corrected chi connectivity index (χ1v) is 7.06. The third-order valence-electron chi connectivity index (χ3n) is 3.15. The Morgan fingerprint density at radius 2 is 2.50 bits per heavy atom. The fourth-order valence-corrected chi connectivity index (χ4v) is 2.91. The molecule has 7 nitrogen and oxygen atoms in total. The van der Waals surface area contributed by atoms with Crippen LogP contribution in [-0.2, 0) is 13.0 Å². The number of nitrogens with one attached hydrogen (secondary N) is 2. The van der Waals surface area contributed by atoms with Gasteiger partial charge in [0.2, 0.25) is 0 Å². The molecule has 0 spiro atoms. The summed E-state index contributed by atoms with van der Waals surface area (Å²) >= 11 is 1.33. The zero-order chi connectivity index (χ0) is 13.9. The highest BCUT2D eigenvalue weighted by Crippen LogP contribution is 2.22. The van der Waals surface area contributed by atoms with E-state index in [2.05, 4.69) is 20.7 Å². The van der Waals surface area contributed by atoms with Crippen LogP contribution >= 0.6 is 11.3 Å². The van der Waals surface area contributed by atoms with Crippen LogP contribution in [0.15, 0.2) is 17.8 Å². The number of aromatic nitrogens is 3. The van der Waals surface area contributed by atoms with E-state index in [0.29, 0.717) is 17.1 Å². The summed E-state index contributed by atoms with van der Waals surface area (Å²) in [6, 6.07) is 3.45. The molecule has 2 aromatic heterocycles. The summed E-state index contributed by atoms with van der Waals surface area (Å²) in [5, 5.41) is 21.0. The second-order valence-corrected chi connectivity index (χ2v) is 5.38. The number of urea groups is 1. The summed E-state index contributed by atoms with van der Waals surface area (Å²) in [5.74, 6) is 0.952. The fourth-order valence-electron chi connectivity index (χ4n) is 2.17. The Morgan fingerprint density at radius 3 is 3.35 bits per heavy atom. The van der Waals surface area contributed by atoms with E-state index in [1.807, 2.05) is 6.07 Å². The van der Waals surface area contributed by atoms with E-state index in [4.69, 9.17) is 5.26 Å². The highest BCUT2D eigenvalue weighted by Gasteiger charge is 2.21. The topological polar surface area (TPSA) is 95.6 Å². The molecule has 0 saturated carbocycles. The van der Waals surface area contributed by atoms with Gasteiger partial charge in [0, 0.05) is 6.42 Å². The Kier molecular flexibility index (Phi) is 3.35. The summed E-state index contributed by atoms with van der Waals surface area (Å²) < 4.78 is 1.81. The molecule has 0 fully saturated rings. The zero-order valence-corrected chi connectivity index (χ0v) is 11.4. The van der Waals surface area contributed by atoms with Gasteiger partial charge in [-0.3, -0.25) is 5.32 Å². The Morgan fingerprint density at radius 1 is 1.60 bits per heavy atom. The van der Waals surface area contributed by atoms with Crippen molar-refractivity contribution < 1.29 is 4.79 Å². The van der Waals surface area contributed by atoms with Gasteiger partial charge in [-0.05, 0) is 17.9 Å². The van der Waals surface area contributed by atoms with Crippen molar-refractivity contribution in [2.24, 2.45) is 0 Å². The average Bonchev–Trinajstić information content (AvgIpc) is 3.06. The van der Waals surface area contributed by atoms with Crippen molar-refractivity contribution in [3.8, 4) is 6.07 Å². The number of nitrogens with zero attached hydrogens (tertiary/aromatic N) is 4. The van der Waals surface area contributed by atoms with E-state index in [1.54, 1.807) is 16.1 Å². The Labute approximate surface area is 119 Å². The van der Waals surface area contributed by atoms with Crippen LogP contribution in [0.3, 0.4) is 0 Å². The Hall–Kier alpha value is -2.40.